The van der Waals surface area contributed by atoms with Gasteiger partial charge in [0.15, 0.2) is 0 Å². The average molecular weight is 257 g/mol. The molecule has 0 spiro atoms. The first-order valence-electron chi connectivity index (χ1n) is 5.50. The molecule has 6 heteroatoms. The fourth-order valence-corrected chi connectivity index (χ4v) is 1.54. The maximum atomic E-state index is 11.6. The quantitative estimate of drug-likeness (QED) is 0.805. The van der Waals surface area contributed by atoms with Crippen molar-refractivity contribution in [3.05, 3.63) is 16.5 Å². The number of halogens is 1. The predicted molar refractivity (Wildman–Crippen MR) is 68.3 cm³/mol. The number of carbonyl (C=O) groups excluding carboxylic acids is 1. The van der Waals surface area contributed by atoms with Crippen LogP contribution in [0, 0.1) is 13.8 Å². The number of hydrogen-bond acceptors (Lipinski definition) is 4. The lowest BCUT2D eigenvalue weighted by Gasteiger charge is -2.16. The Morgan fingerprint density at radius 3 is 2.65 bits per heavy atom. The van der Waals surface area contributed by atoms with E-state index in [0.717, 1.165) is 5.56 Å². The van der Waals surface area contributed by atoms with Crippen molar-refractivity contribution in [1.82, 2.24) is 15.3 Å². The second-order valence-corrected chi connectivity index (χ2v) is 4.15. The van der Waals surface area contributed by atoms with E-state index in [1.807, 2.05) is 13.8 Å². The number of likely N-dealkylation sites (N-methyl/N-ethyl adjacent to an activating group) is 1. The minimum Gasteiger partial charge on any atom is -0.358 e. The molecule has 0 aliphatic rings. The lowest BCUT2D eigenvalue weighted by atomic mass is 10.2. The Hall–Kier alpha value is -1.36. The first kappa shape index (κ1) is 13.7. The van der Waals surface area contributed by atoms with Gasteiger partial charge in [-0.3, -0.25) is 4.79 Å². The molecule has 0 aliphatic heterocycles. The van der Waals surface area contributed by atoms with E-state index in [2.05, 4.69) is 20.6 Å². The summed E-state index contributed by atoms with van der Waals surface area (Å²) in [5.74, 6) is 1.10. The first-order chi connectivity index (χ1) is 7.95. The monoisotopic (exact) mass is 256 g/mol. The minimum absolute atomic E-state index is 0.0701. The van der Waals surface area contributed by atoms with Gasteiger partial charge in [0, 0.05) is 12.1 Å². The number of rotatable bonds is 4. The van der Waals surface area contributed by atoms with Crippen molar-refractivity contribution in [3.8, 4) is 0 Å². The van der Waals surface area contributed by atoms with Gasteiger partial charge < -0.3 is 10.6 Å². The molecule has 0 fully saturated rings. The van der Waals surface area contributed by atoms with E-state index in [1.165, 1.54) is 0 Å². The highest BCUT2D eigenvalue weighted by Gasteiger charge is 2.15. The van der Waals surface area contributed by atoms with E-state index >= 15 is 0 Å². The Bertz CT molecular complexity index is 422. The van der Waals surface area contributed by atoms with Crippen molar-refractivity contribution >= 4 is 23.3 Å². The third-order valence-electron chi connectivity index (χ3n) is 2.30. The van der Waals surface area contributed by atoms with Crippen molar-refractivity contribution in [3.63, 3.8) is 0 Å². The molecular formula is C11H17ClN4O. The molecular weight excluding hydrogens is 240 g/mol. The number of aromatic nitrogens is 2. The summed E-state index contributed by atoms with van der Waals surface area (Å²) in [6.07, 6.45) is 0. The number of nitrogens with zero attached hydrogens (tertiary/aromatic N) is 2. The van der Waals surface area contributed by atoms with Crippen LogP contribution >= 0.6 is 11.6 Å². The predicted octanol–water partition coefficient (Wildman–Crippen LogP) is 1.68. The highest BCUT2D eigenvalue weighted by molar-refractivity contribution is 6.30. The number of nitrogens with one attached hydrogen (secondary N) is 2. The molecule has 94 valence electrons. The molecule has 2 N–H and O–H groups in total. The van der Waals surface area contributed by atoms with E-state index in [9.17, 15) is 4.79 Å². The van der Waals surface area contributed by atoms with Crippen molar-refractivity contribution in [2.75, 3.05) is 11.9 Å². The molecule has 17 heavy (non-hydrogen) atoms. The van der Waals surface area contributed by atoms with Gasteiger partial charge in [-0.05, 0) is 27.7 Å². The van der Waals surface area contributed by atoms with Gasteiger partial charge in [-0.2, -0.15) is 0 Å². The number of carbonyl (C=O) groups is 1. The van der Waals surface area contributed by atoms with Crippen LogP contribution in [0.25, 0.3) is 0 Å². The fraction of sp³-hybridized carbons (Fsp3) is 0.545. The topological polar surface area (TPSA) is 66.9 Å². The van der Waals surface area contributed by atoms with Crippen molar-refractivity contribution < 1.29 is 4.79 Å². The molecule has 0 saturated heterocycles. The van der Waals surface area contributed by atoms with E-state index in [4.69, 9.17) is 11.6 Å². The van der Waals surface area contributed by atoms with Crippen molar-refractivity contribution in [1.29, 1.82) is 0 Å². The molecule has 1 heterocycles. The molecule has 5 nitrogen and oxygen atoms in total. The SMILES string of the molecule is CCNC(=O)C(C)Nc1nc(C)nc(Cl)c1C. The first-order valence-corrected chi connectivity index (χ1v) is 5.88. The summed E-state index contributed by atoms with van der Waals surface area (Å²) in [6, 6.07) is -0.362. The second kappa shape index (κ2) is 5.82. The molecule has 0 bridgehead atoms. The van der Waals surface area contributed by atoms with Crippen LogP contribution in [0.3, 0.4) is 0 Å². The van der Waals surface area contributed by atoms with E-state index in [0.29, 0.717) is 23.3 Å². The maximum absolute atomic E-state index is 11.6. The summed E-state index contributed by atoms with van der Waals surface area (Å²) >= 11 is 5.95. The number of amides is 1. The van der Waals surface area contributed by atoms with Crippen LogP contribution in [0.1, 0.15) is 25.2 Å². The van der Waals surface area contributed by atoms with Crippen LogP contribution in [-0.2, 0) is 4.79 Å². The van der Waals surface area contributed by atoms with Crippen LogP contribution in [0.4, 0.5) is 5.82 Å². The summed E-state index contributed by atoms with van der Waals surface area (Å²) in [5, 5.41) is 6.17. The third-order valence-corrected chi connectivity index (χ3v) is 2.66. The summed E-state index contributed by atoms with van der Waals surface area (Å²) in [7, 11) is 0. The molecule has 0 radical (unpaired) electrons. The molecule has 0 aromatic carbocycles. The molecule has 1 aromatic rings. The number of anilines is 1. The van der Waals surface area contributed by atoms with Crippen molar-refractivity contribution in [2.45, 2.75) is 33.7 Å². The van der Waals surface area contributed by atoms with E-state index in [1.54, 1.807) is 13.8 Å². The highest BCUT2D eigenvalue weighted by atomic mass is 35.5. The third kappa shape index (κ3) is 3.56. The standard InChI is InChI=1S/C11H17ClN4O/c1-5-13-11(17)7(3)14-10-6(2)9(12)15-8(4)16-10/h7H,5H2,1-4H3,(H,13,17)(H,14,15,16). The van der Waals surface area contributed by atoms with Gasteiger partial charge in [-0.25, -0.2) is 9.97 Å². The average Bonchev–Trinajstić information content (AvgIpc) is 2.25. The number of hydrogen-bond donors (Lipinski definition) is 2. The zero-order valence-corrected chi connectivity index (χ0v) is 11.2. The Balaban J connectivity index is 2.84. The van der Waals surface area contributed by atoms with Crippen LogP contribution in [0.2, 0.25) is 5.15 Å². The van der Waals surface area contributed by atoms with Gasteiger partial charge in [-0.15, -0.1) is 0 Å². The minimum atomic E-state index is -0.362. The lowest BCUT2D eigenvalue weighted by molar-refractivity contribution is -0.121. The molecule has 1 atom stereocenters. The van der Waals surface area contributed by atoms with Gasteiger partial charge in [0.05, 0.1) is 0 Å². The van der Waals surface area contributed by atoms with E-state index in [-0.39, 0.29) is 11.9 Å². The zero-order valence-electron chi connectivity index (χ0n) is 10.5. The Kier molecular flexibility index (Phi) is 4.69. The Morgan fingerprint density at radius 1 is 1.41 bits per heavy atom. The van der Waals surface area contributed by atoms with Gasteiger partial charge in [0.1, 0.15) is 22.8 Å². The largest absolute Gasteiger partial charge is 0.358 e. The second-order valence-electron chi connectivity index (χ2n) is 3.80. The fourth-order valence-electron chi connectivity index (χ4n) is 1.33. The Morgan fingerprint density at radius 2 is 2.06 bits per heavy atom. The maximum Gasteiger partial charge on any atom is 0.242 e. The van der Waals surface area contributed by atoms with Gasteiger partial charge in [-0.1, -0.05) is 11.6 Å². The normalized spacial score (nSPS) is 12.1. The van der Waals surface area contributed by atoms with Crippen LogP contribution in [-0.4, -0.2) is 28.5 Å². The van der Waals surface area contributed by atoms with Crippen LogP contribution in [0.15, 0.2) is 0 Å². The van der Waals surface area contributed by atoms with Gasteiger partial charge >= 0.3 is 0 Å². The summed E-state index contributed by atoms with van der Waals surface area (Å²) in [6.45, 7) is 7.83. The lowest BCUT2D eigenvalue weighted by Crippen LogP contribution is -2.37. The summed E-state index contributed by atoms with van der Waals surface area (Å²) in [5.41, 5.74) is 0.744. The molecule has 1 rings (SSSR count). The van der Waals surface area contributed by atoms with Crippen LogP contribution < -0.4 is 10.6 Å². The summed E-state index contributed by atoms with van der Waals surface area (Å²) < 4.78 is 0. The Labute approximate surface area is 106 Å². The van der Waals surface area contributed by atoms with Gasteiger partial charge in [0.25, 0.3) is 0 Å². The number of aryl methyl sites for hydroxylation is 1. The van der Waals surface area contributed by atoms with Crippen molar-refractivity contribution in [2.24, 2.45) is 0 Å². The molecule has 1 aromatic heterocycles. The molecule has 1 amide bonds. The molecule has 0 aliphatic carbocycles. The zero-order chi connectivity index (χ0) is 13.0. The van der Waals surface area contributed by atoms with E-state index < -0.39 is 0 Å². The molecule has 0 saturated carbocycles. The smallest absolute Gasteiger partial charge is 0.242 e. The summed E-state index contributed by atoms with van der Waals surface area (Å²) in [4.78, 5) is 19.8. The van der Waals surface area contributed by atoms with Crippen LogP contribution in [0.5, 0.6) is 0 Å². The van der Waals surface area contributed by atoms with Gasteiger partial charge in [0.2, 0.25) is 5.91 Å². The molecule has 1 unspecified atom stereocenters. The highest BCUT2D eigenvalue weighted by Crippen LogP contribution is 2.20.